The molecule has 2 rings (SSSR count). The molecule has 0 amide bonds. The largest absolute Gasteiger partial charge is 0.493 e. The fourth-order valence-electron chi connectivity index (χ4n) is 2.01. The second-order valence-electron chi connectivity index (χ2n) is 4.45. The van der Waals surface area contributed by atoms with Crippen molar-refractivity contribution in [2.45, 2.75) is 18.7 Å². The third kappa shape index (κ3) is 2.53. The van der Waals surface area contributed by atoms with Gasteiger partial charge in [-0.2, -0.15) is 12.6 Å². The van der Waals surface area contributed by atoms with Crippen molar-refractivity contribution >= 4 is 23.5 Å². The summed E-state index contributed by atoms with van der Waals surface area (Å²) in [6, 6.07) is 3.14. The van der Waals surface area contributed by atoms with E-state index in [1.165, 1.54) is 14.2 Å². The van der Waals surface area contributed by atoms with Crippen LogP contribution in [0, 0.1) is 0 Å². The molecule has 7 heteroatoms. The lowest BCUT2D eigenvalue weighted by atomic mass is 10.2. The van der Waals surface area contributed by atoms with Gasteiger partial charge in [0.15, 0.2) is 11.5 Å². The Morgan fingerprint density at radius 1 is 1.25 bits per heavy atom. The third-order valence-electron chi connectivity index (χ3n) is 2.93. The van der Waals surface area contributed by atoms with E-state index in [-0.39, 0.29) is 17.4 Å². The number of hydrogen-bond acceptors (Lipinski definition) is 5. The zero-order chi connectivity index (χ0) is 14.9. The van der Waals surface area contributed by atoms with Gasteiger partial charge in [-0.05, 0) is 6.07 Å². The third-order valence-corrected chi connectivity index (χ3v) is 3.10. The number of fused-ring (bicyclic) bond motifs is 1. The topological polar surface area (TPSA) is 73.3 Å². The molecule has 6 nitrogen and oxygen atoms in total. The van der Waals surface area contributed by atoms with E-state index in [9.17, 15) is 9.59 Å². The summed E-state index contributed by atoms with van der Waals surface area (Å²) in [6.07, 6.45) is 0. The first-order valence-electron chi connectivity index (χ1n) is 6.04. The summed E-state index contributed by atoms with van der Waals surface area (Å²) in [4.78, 5) is 27.0. The van der Waals surface area contributed by atoms with E-state index in [1.54, 1.807) is 12.1 Å². The number of rotatable bonds is 4. The molecule has 0 aliphatic heterocycles. The van der Waals surface area contributed by atoms with Gasteiger partial charge in [-0.3, -0.25) is 9.36 Å². The van der Waals surface area contributed by atoms with Crippen LogP contribution in [-0.4, -0.2) is 29.0 Å². The summed E-state index contributed by atoms with van der Waals surface area (Å²) in [5, 5.41) is 0.266. The molecule has 1 atom stereocenters. The van der Waals surface area contributed by atoms with E-state index < -0.39 is 5.69 Å². The Morgan fingerprint density at radius 2 is 1.85 bits per heavy atom. The van der Waals surface area contributed by atoms with Crippen molar-refractivity contribution in [2.24, 2.45) is 0 Å². The molecule has 0 radical (unpaired) electrons. The Hall–Kier alpha value is -1.89. The summed E-state index contributed by atoms with van der Waals surface area (Å²) in [5.74, 6) is 0.894. The number of aromatic nitrogens is 2. The van der Waals surface area contributed by atoms with Gasteiger partial charge < -0.3 is 14.5 Å². The molecule has 0 saturated carbocycles. The fraction of sp³-hybridized carbons (Fsp3) is 0.385. The highest BCUT2D eigenvalue weighted by Gasteiger charge is 2.13. The lowest BCUT2D eigenvalue weighted by Gasteiger charge is -2.11. The molecule has 108 valence electrons. The van der Waals surface area contributed by atoms with Crippen LogP contribution in [0.15, 0.2) is 21.7 Å². The van der Waals surface area contributed by atoms with Gasteiger partial charge in [-0.15, -0.1) is 0 Å². The van der Waals surface area contributed by atoms with E-state index in [4.69, 9.17) is 9.47 Å². The first-order chi connectivity index (χ1) is 9.47. The Kier molecular flexibility index (Phi) is 4.08. The van der Waals surface area contributed by atoms with E-state index in [1.807, 2.05) is 6.92 Å². The predicted octanol–water partition coefficient (Wildman–Crippen LogP) is 1.03. The molecule has 1 unspecified atom stereocenters. The van der Waals surface area contributed by atoms with Crippen molar-refractivity contribution < 1.29 is 9.47 Å². The van der Waals surface area contributed by atoms with Crippen LogP contribution < -0.4 is 20.7 Å². The quantitative estimate of drug-likeness (QED) is 0.826. The van der Waals surface area contributed by atoms with Gasteiger partial charge in [0.05, 0.1) is 25.1 Å². The van der Waals surface area contributed by atoms with Crippen LogP contribution in [0.4, 0.5) is 0 Å². The molecule has 1 heterocycles. The minimum atomic E-state index is -0.462. The number of benzene rings is 1. The molecule has 1 aromatic heterocycles. The van der Waals surface area contributed by atoms with Crippen LogP contribution in [0.5, 0.6) is 11.5 Å². The van der Waals surface area contributed by atoms with Crippen LogP contribution in [-0.2, 0) is 6.54 Å². The molecule has 0 aliphatic rings. The standard InChI is InChI=1S/C13H16N2O4S/c1-7(20)6-15-12(16)8-4-10(18-2)11(19-3)5-9(8)14-13(15)17/h4-5,7,20H,6H2,1-3H3,(H,14,17). The molecule has 0 bridgehead atoms. The molecule has 0 aliphatic carbocycles. The molecule has 2 aromatic rings. The molecule has 20 heavy (non-hydrogen) atoms. The Morgan fingerprint density at radius 3 is 2.40 bits per heavy atom. The molecule has 0 spiro atoms. The summed E-state index contributed by atoms with van der Waals surface area (Å²) >= 11 is 4.21. The highest BCUT2D eigenvalue weighted by atomic mass is 32.1. The van der Waals surface area contributed by atoms with Crippen LogP contribution in [0.25, 0.3) is 10.9 Å². The molecule has 1 aromatic carbocycles. The fourth-order valence-corrected chi connectivity index (χ4v) is 2.17. The van der Waals surface area contributed by atoms with Crippen LogP contribution in [0.1, 0.15) is 6.92 Å². The smallest absolute Gasteiger partial charge is 0.328 e. The summed E-state index contributed by atoms with van der Waals surface area (Å²) in [6.45, 7) is 2.05. The van der Waals surface area contributed by atoms with Gasteiger partial charge in [0.25, 0.3) is 5.56 Å². The van der Waals surface area contributed by atoms with E-state index in [0.717, 1.165) is 4.57 Å². The number of thiol groups is 1. The molecular weight excluding hydrogens is 280 g/mol. The van der Waals surface area contributed by atoms with Crippen molar-refractivity contribution in [1.29, 1.82) is 0 Å². The highest BCUT2D eigenvalue weighted by Crippen LogP contribution is 2.29. The average Bonchev–Trinajstić information content (AvgIpc) is 2.42. The minimum absolute atomic E-state index is 0.105. The first kappa shape index (κ1) is 14.5. The second-order valence-corrected chi connectivity index (χ2v) is 5.33. The zero-order valence-corrected chi connectivity index (χ0v) is 12.4. The van der Waals surface area contributed by atoms with Gasteiger partial charge in [0, 0.05) is 17.9 Å². The number of methoxy groups -OCH3 is 2. The van der Waals surface area contributed by atoms with Gasteiger partial charge in [0.2, 0.25) is 0 Å². The summed E-state index contributed by atoms with van der Waals surface area (Å²) in [7, 11) is 2.98. The molecule has 0 fully saturated rings. The summed E-state index contributed by atoms with van der Waals surface area (Å²) < 4.78 is 11.5. The van der Waals surface area contributed by atoms with Gasteiger partial charge in [0.1, 0.15) is 0 Å². The zero-order valence-electron chi connectivity index (χ0n) is 11.5. The van der Waals surface area contributed by atoms with Gasteiger partial charge >= 0.3 is 5.69 Å². The van der Waals surface area contributed by atoms with E-state index in [0.29, 0.717) is 22.4 Å². The average molecular weight is 296 g/mol. The van der Waals surface area contributed by atoms with Gasteiger partial charge in [-0.1, -0.05) is 6.92 Å². The Balaban J connectivity index is 2.78. The van der Waals surface area contributed by atoms with E-state index >= 15 is 0 Å². The number of aromatic amines is 1. The predicted molar refractivity (Wildman–Crippen MR) is 80.4 cm³/mol. The minimum Gasteiger partial charge on any atom is -0.493 e. The van der Waals surface area contributed by atoms with Crippen molar-refractivity contribution in [2.75, 3.05) is 14.2 Å². The highest BCUT2D eigenvalue weighted by molar-refractivity contribution is 7.80. The van der Waals surface area contributed by atoms with Crippen molar-refractivity contribution in [3.8, 4) is 11.5 Å². The normalized spacial score (nSPS) is 12.4. The summed E-state index contributed by atoms with van der Waals surface area (Å²) in [5.41, 5.74) is -0.415. The first-order valence-corrected chi connectivity index (χ1v) is 6.56. The van der Waals surface area contributed by atoms with Crippen LogP contribution in [0.2, 0.25) is 0 Å². The SMILES string of the molecule is COc1cc2[nH]c(=O)n(CC(C)S)c(=O)c2cc1OC. The molecule has 1 N–H and O–H groups in total. The Bertz CT molecular complexity index is 748. The number of H-pyrrole nitrogens is 1. The van der Waals surface area contributed by atoms with Crippen molar-refractivity contribution in [3.05, 3.63) is 33.0 Å². The molecular formula is C13H16N2O4S. The lowest BCUT2D eigenvalue weighted by molar-refractivity contribution is 0.355. The second kappa shape index (κ2) is 5.62. The molecule has 0 saturated heterocycles. The maximum atomic E-state index is 12.4. The lowest BCUT2D eigenvalue weighted by Crippen LogP contribution is -2.37. The Labute approximate surface area is 120 Å². The maximum absolute atomic E-state index is 12.4. The van der Waals surface area contributed by atoms with Crippen LogP contribution >= 0.6 is 12.6 Å². The van der Waals surface area contributed by atoms with Crippen molar-refractivity contribution in [3.63, 3.8) is 0 Å². The van der Waals surface area contributed by atoms with E-state index in [2.05, 4.69) is 17.6 Å². The number of hydrogen-bond donors (Lipinski definition) is 2. The van der Waals surface area contributed by atoms with Gasteiger partial charge in [-0.25, -0.2) is 4.79 Å². The number of ether oxygens (including phenoxy) is 2. The number of nitrogens with zero attached hydrogens (tertiary/aromatic N) is 1. The number of nitrogens with one attached hydrogen (secondary N) is 1. The maximum Gasteiger partial charge on any atom is 0.328 e. The monoisotopic (exact) mass is 296 g/mol. The van der Waals surface area contributed by atoms with Crippen LogP contribution in [0.3, 0.4) is 0 Å². The van der Waals surface area contributed by atoms with Crippen molar-refractivity contribution in [1.82, 2.24) is 9.55 Å².